The van der Waals surface area contributed by atoms with Crippen LogP contribution in [0.15, 0.2) is 0 Å². The third-order valence-corrected chi connectivity index (χ3v) is 4.90. The quantitative estimate of drug-likeness (QED) is 0.722. The summed E-state index contributed by atoms with van der Waals surface area (Å²) in [5.41, 5.74) is -2.06. The smallest absolute Gasteiger partial charge is 0.407 e. The minimum atomic E-state index is -1.08. The molecule has 7 nitrogen and oxygen atoms in total. The van der Waals surface area contributed by atoms with Gasteiger partial charge in [-0.25, -0.2) is 9.59 Å². The number of hydrogen-bond acceptors (Lipinski definition) is 3. The molecule has 2 amide bonds. The van der Waals surface area contributed by atoms with Crippen LogP contribution in [0.25, 0.3) is 0 Å². The number of aliphatic hydroxyl groups excluding tert-OH is 1. The second-order valence-electron chi connectivity index (χ2n) is 8.33. The normalized spacial score (nSPS) is 26.3. The first-order valence-electron chi connectivity index (χ1n) is 7.91. The Morgan fingerprint density at radius 2 is 1.57 bits per heavy atom. The zero-order valence-corrected chi connectivity index (χ0v) is 15.0. The molecule has 3 N–H and O–H groups in total. The van der Waals surface area contributed by atoms with Crippen molar-refractivity contribution in [1.82, 2.24) is 9.80 Å². The van der Waals surface area contributed by atoms with E-state index >= 15 is 0 Å². The SMILES string of the molecule is CC(C)(C)C1N(C(=O)O)CCN(C(=O)O)C1(CCO)C(C)(C)C. The Morgan fingerprint density at radius 1 is 1.04 bits per heavy atom. The molecule has 7 heteroatoms. The molecule has 0 aromatic rings. The lowest BCUT2D eigenvalue weighted by Gasteiger charge is -2.63. The fourth-order valence-electron chi connectivity index (χ4n) is 4.23. The maximum atomic E-state index is 11.9. The maximum absolute atomic E-state index is 11.9. The molecule has 0 aliphatic carbocycles. The van der Waals surface area contributed by atoms with Gasteiger partial charge in [0.25, 0.3) is 0 Å². The standard InChI is InChI=1S/C16H30N2O5/c1-14(2,3)11-16(7-10-19,15(4,5)6)18(13(22)23)9-8-17(11)12(20)21/h11,19H,7-10H2,1-6H3,(H,20,21)(H,22,23). The molecular weight excluding hydrogens is 300 g/mol. The van der Waals surface area contributed by atoms with Crippen LogP contribution < -0.4 is 0 Å². The highest BCUT2D eigenvalue weighted by molar-refractivity contribution is 5.70. The summed E-state index contributed by atoms with van der Waals surface area (Å²) in [5, 5.41) is 29.1. The van der Waals surface area contributed by atoms with Gasteiger partial charge in [-0.3, -0.25) is 4.90 Å². The predicted octanol–water partition coefficient (Wildman–Crippen LogP) is 2.54. The lowest BCUT2D eigenvalue weighted by atomic mass is 9.59. The number of hydrogen-bond donors (Lipinski definition) is 3. The van der Waals surface area contributed by atoms with E-state index in [2.05, 4.69) is 0 Å². The van der Waals surface area contributed by atoms with Gasteiger partial charge < -0.3 is 20.2 Å². The van der Waals surface area contributed by atoms with Crippen LogP contribution in [-0.4, -0.2) is 68.6 Å². The van der Waals surface area contributed by atoms with E-state index in [-0.39, 0.29) is 26.1 Å². The highest BCUT2D eigenvalue weighted by atomic mass is 16.4. The fourth-order valence-corrected chi connectivity index (χ4v) is 4.23. The Morgan fingerprint density at radius 3 is 1.87 bits per heavy atom. The minimum absolute atomic E-state index is 0.103. The zero-order valence-electron chi connectivity index (χ0n) is 15.0. The van der Waals surface area contributed by atoms with Gasteiger partial charge >= 0.3 is 12.2 Å². The van der Waals surface area contributed by atoms with E-state index in [1.807, 2.05) is 41.5 Å². The molecule has 0 aromatic carbocycles. The van der Waals surface area contributed by atoms with E-state index in [0.29, 0.717) is 0 Å². The van der Waals surface area contributed by atoms with E-state index in [9.17, 15) is 24.9 Å². The maximum Gasteiger partial charge on any atom is 0.407 e. The first kappa shape index (κ1) is 19.5. The second kappa shape index (κ2) is 6.19. The molecule has 1 fully saturated rings. The van der Waals surface area contributed by atoms with Crippen molar-refractivity contribution >= 4 is 12.2 Å². The average molecular weight is 330 g/mol. The van der Waals surface area contributed by atoms with Crippen LogP contribution in [0, 0.1) is 10.8 Å². The van der Waals surface area contributed by atoms with E-state index in [0.717, 1.165) is 0 Å². The summed E-state index contributed by atoms with van der Waals surface area (Å²) in [5.74, 6) is 0. The van der Waals surface area contributed by atoms with Crippen molar-refractivity contribution in [2.45, 2.75) is 59.5 Å². The van der Waals surface area contributed by atoms with Crippen molar-refractivity contribution in [1.29, 1.82) is 0 Å². The number of piperazine rings is 1. The summed E-state index contributed by atoms with van der Waals surface area (Å²) >= 11 is 0. The molecule has 1 aliphatic rings. The van der Waals surface area contributed by atoms with Crippen LogP contribution in [0.3, 0.4) is 0 Å². The monoisotopic (exact) mass is 330 g/mol. The first-order chi connectivity index (χ1) is 10.3. The van der Waals surface area contributed by atoms with Gasteiger partial charge in [-0.2, -0.15) is 0 Å². The van der Waals surface area contributed by atoms with E-state index < -0.39 is 34.6 Å². The van der Waals surface area contributed by atoms with Crippen molar-refractivity contribution in [2.75, 3.05) is 19.7 Å². The molecule has 0 saturated carbocycles. The van der Waals surface area contributed by atoms with Gasteiger partial charge in [0.15, 0.2) is 0 Å². The van der Waals surface area contributed by atoms with Crippen molar-refractivity contribution in [2.24, 2.45) is 10.8 Å². The van der Waals surface area contributed by atoms with E-state index in [1.54, 1.807) is 0 Å². The number of carboxylic acid groups (broad SMARTS) is 2. The predicted molar refractivity (Wildman–Crippen MR) is 86.6 cm³/mol. The molecule has 1 aliphatic heterocycles. The molecule has 0 spiro atoms. The summed E-state index contributed by atoms with van der Waals surface area (Å²) in [6.07, 6.45) is -1.94. The molecule has 23 heavy (non-hydrogen) atoms. The molecule has 1 saturated heterocycles. The highest BCUT2D eigenvalue weighted by Crippen LogP contribution is 2.50. The Balaban J connectivity index is 3.70. The van der Waals surface area contributed by atoms with Crippen LogP contribution in [0.4, 0.5) is 9.59 Å². The largest absolute Gasteiger partial charge is 0.465 e. The molecule has 2 atom stereocenters. The zero-order chi connectivity index (χ0) is 18.2. The van der Waals surface area contributed by atoms with Crippen molar-refractivity contribution in [3.8, 4) is 0 Å². The lowest BCUT2D eigenvalue weighted by molar-refractivity contribution is -0.129. The van der Waals surface area contributed by atoms with Crippen molar-refractivity contribution < 1.29 is 24.9 Å². The minimum Gasteiger partial charge on any atom is -0.465 e. The van der Waals surface area contributed by atoms with Crippen LogP contribution in [0.1, 0.15) is 48.0 Å². The van der Waals surface area contributed by atoms with Gasteiger partial charge in [0.2, 0.25) is 0 Å². The Labute approximate surface area is 137 Å². The van der Waals surface area contributed by atoms with Crippen LogP contribution in [0.2, 0.25) is 0 Å². The van der Waals surface area contributed by atoms with Crippen molar-refractivity contribution in [3.63, 3.8) is 0 Å². The molecule has 0 radical (unpaired) electrons. The van der Waals surface area contributed by atoms with Crippen LogP contribution in [0.5, 0.6) is 0 Å². The van der Waals surface area contributed by atoms with Gasteiger partial charge in [0, 0.05) is 19.7 Å². The number of amides is 2. The molecule has 2 unspecified atom stereocenters. The summed E-state index contributed by atoms with van der Waals surface area (Å²) in [6.45, 7) is 11.5. The number of nitrogens with zero attached hydrogens (tertiary/aromatic N) is 2. The van der Waals surface area contributed by atoms with Gasteiger partial charge in [-0.05, 0) is 17.3 Å². The second-order valence-corrected chi connectivity index (χ2v) is 8.33. The highest BCUT2D eigenvalue weighted by Gasteiger charge is 2.61. The first-order valence-corrected chi connectivity index (χ1v) is 7.91. The van der Waals surface area contributed by atoms with Crippen molar-refractivity contribution in [3.05, 3.63) is 0 Å². The summed E-state index contributed by atoms with van der Waals surface area (Å²) in [7, 11) is 0. The lowest BCUT2D eigenvalue weighted by Crippen LogP contribution is -2.77. The van der Waals surface area contributed by atoms with Gasteiger partial charge in [-0.1, -0.05) is 41.5 Å². The summed E-state index contributed by atoms with van der Waals surface area (Å²) in [6, 6.07) is -0.565. The van der Waals surface area contributed by atoms with Crippen LogP contribution in [-0.2, 0) is 0 Å². The number of aliphatic hydroxyl groups is 1. The number of carbonyl (C=O) groups is 2. The molecule has 0 bridgehead atoms. The van der Waals surface area contributed by atoms with Gasteiger partial charge in [0.1, 0.15) is 0 Å². The van der Waals surface area contributed by atoms with Crippen LogP contribution >= 0.6 is 0 Å². The Hall–Kier alpha value is -1.50. The molecule has 0 aromatic heterocycles. The third-order valence-electron chi connectivity index (χ3n) is 4.90. The summed E-state index contributed by atoms with van der Waals surface area (Å²) < 4.78 is 0. The third kappa shape index (κ3) is 3.24. The van der Waals surface area contributed by atoms with Gasteiger partial charge in [-0.15, -0.1) is 0 Å². The topological polar surface area (TPSA) is 101 Å². The summed E-state index contributed by atoms with van der Waals surface area (Å²) in [4.78, 5) is 26.4. The van der Waals surface area contributed by atoms with E-state index in [4.69, 9.17) is 0 Å². The van der Waals surface area contributed by atoms with E-state index in [1.165, 1.54) is 9.80 Å². The molecule has 134 valence electrons. The number of rotatable bonds is 2. The average Bonchev–Trinajstić information content (AvgIpc) is 2.34. The Kier molecular flexibility index (Phi) is 5.26. The van der Waals surface area contributed by atoms with Gasteiger partial charge in [0.05, 0.1) is 11.6 Å². The Bertz CT molecular complexity index is 466. The molecule has 1 heterocycles. The molecular formula is C16H30N2O5. The molecule has 1 rings (SSSR count). The fraction of sp³-hybridized carbons (Fsp3) is 0.875.